The van der Waals surface area contributed by atoms with E-state index in [-0.39, 0.29) is 11.5 Å². The normalized spacial score (nSPS) is 31.7. The van der Waals surface area contributed by atoms with Crippen LogP contribution in [-0.4, -0.2) is 34.7 Å². The first-order valence-electron chi connectivity index (χ1n) is 8.35. The molecule has 0 aliphatic heterocycles. The minimum Gasteiger partial charge on any atom is -0.391 e. The van der Waals surface area contributed by atoms with Crippen molar-refractivity contribution >= 4 is 0 Å². The lowest BCUT2D eigenvalue weighted by Gasteiger charge is -2.38. The topological polar surface area (TPSA) is 23.5 Å². The molecule has 2 fully saturated rings. The highest BCUT2D eigenvalue weighted by Crippen LogP contribution is 2.42. The van der Waals surface area contributed by atoms with Crippen LogP contribution in [0.1, 0.15) is 72.6 Å². The summed E-state index contributed by atoms with van der Waals surface area (Å²) in [7, 11) is 0. The Morgan fingerprint density at radius 2 is 1.79 bits per heavy atom. The Labute approximate surface area is 119 Å². The first kappa shape index (κ1) is 15.3. The molecule has 0 amide bonds. The molecule has 2 atom stereocenters. The first-order chi connectivity index (χ1) is 8.92. The van der Waals surface area contributed by atoms with E-state index in [9.17, 15) is 5.11 Å². The van der Waals surface area contributed by atoms with Crippen LogP contribution in [0.4, 0.5) is 0 Å². The number of aliphatic hydroxyl groups excluding tert-OH is 1. The minimum absolute atomic E-state index is 0.110. The molecule has 2 unspecified atom stereocenters. The van der Waals surface area contributed by atoms with Crippen LogP contribution in [-0.2, 0) is 0 Å². The lowest BCUT2D eigenvalue weighted by molar-refractivity contribution is -0.00257. The van der Waals surface area contributed by atoms with Crippen LogP contribution < -0.4 is 0 Å². The number of hydrogen-bond acceptors (Lipinski definition) is 2. The molecule has 0 spiro atoms. The van der Waals surface area contributed by atoms with E-state index < -0.39 is 0 Å². The van der Waals surface area contributed by atoms with Gasteiger partial charge in [-0.15, -0.1) is 0 Å². The lowest BCUT2D eigenvalue weighted by atomic mass is 9.88. The SMILES string of the molecule is CC(C)CCN(C1CCCC1)C1CCC(C)(C)C1O. The molecule has 2 rings (SSSR count). The quantitative estimate of drug-likeness (QED) is 0.818. The molecule has 2 heteroatoms. The van der Waals surface area contributed by atoms with Gasteiger partial charge >= 0.3 is 0 Å². The molecule has 2 saturated carbocycles. The summed E-state index contributed by atoms with van der Waals surface area (Å²) in [6.45, 7) is 10.3. The van der Waals surface area contributed by atoms with Gasteiger partial charge in [0.05, 0.1) is 6.10 Å². The fourth-order valence-corrected chi connectivity index (χ4v) is 3.96. The fourth-order valence-electron chi connectivity index (χ4n) is 3.96. The summed E-state index contributed by atoms with van der Waals surface area (Å²) < 4.78 is 0. The van der Waals surface area contributed by atoms with Gasteiger partial charge in [-0.3, -0.25) is 4.90 Å². The smallest absolute Gasteiger partial charge is 0.0746 e. The Balaban J connectivity index is 2.04. The zero-order valence-corrected chi connectivity index (χ0v) is 13.4. The Hall–Kier alpha value is -0.0800. The molecular formula is C17H33NO. The summed E-state index contributed by atoms with van der Waals surface area (Å²) in [4.78, 5) is 2.69. The van der Waals surface area contributed by atoms with Crippen molar-refractivity contribution in [2.75, 3.05) is 6.54 Å². The summed E-state index contributed by atoms with van der Waals surface area (Å²) in [5.41, 5.74) is 0.110. The second kappa shape index (κ2) is 6.13. The maximum absolute atomic E-state index is 10.7. The highest BCUT2D eigenvalue weighted by Gasteiger charge is 2.45. The van der Waals surface area contributed by atoms with Crippen molar-refractivity contribution in [3.8, 4) is 0 Å². The highest BCUT2D eigenvalue weighted by atomic mass is 16.3. The van der Waals surface area contributed by atoms with Gasteiger partial charge in [0.15, 0.2) is 0 Å². The average molecular weight is 267 g/mol. The van der Waals surface area contributed by atoms with E-state index in [0.29, 0.717) is 6.04 Å². The second-order valence-electron chi connectivity index (χ2n) is 7.90. The third-order valence-corrected chi connectivity index (χ3v) is 5.43. The number of nitrogens with zero attached hydrogens (tertiary/aromatic N) is 1. The molecule has 2 aliphatic carbocycles. The Kier molecular flexibility index (Phi) is 4.94. The van der Waals surface area contributed by atoms with Crippen molar-refractivity contribution < 1.29 is 5.11 Å². The summed E-state index contributed by atoms with van der Waals surface area (Å²) >= 11 is 0. The zero-order valence-electron chi connectivity index (χ0n) is 13.4. The van der Waals surface area contributed by atoms with Crippen LogP contribution in [0.5, 0.6) is 0 Å². The van der Waals surface area contributed by atoms with Crippen LogP contribution in [0.2, 0.25) is 0 Å². The lowest BCUT2D eigenvalue weighted by Crippen LogP contribution is -2.49. The van der Waals surface area contributed by atoms with E-state index in [2.05, 4.69) is 32.6 Å². The van der Waals surface area contributed by atoms with Gasteiger partial charge in [0.2, 0.25) is 0 Å². The van der Waals surface area contributed by atoms with E-state index >= 15 is 0 Å². The summed E-state index contributed by atoms with van der Waals surface area (Å²) in [5, 5.41) is 10.7. The van der Waals surface area contributed by atoms with Gasteiger partial charge in [-0.25, -0.2) is 0 Å². The molecule has 19 heavy (non-hydrogen) atoms. The van der Waals surface area contributed by atoms with Gasteiger partial charge in [-0.2, -0.15) is 0 Å². The van der Waals surface area contributed by atoms with Crippen molar-refractivity contribution in [3.05, 3.63) is 0 Å². The monoisotopic (exact) mass is 267 g/mol. The minimum atomic E-state index is -0.139. The van der Waals surface area contributed by atoms with Gasteiger partial charge in [-0.05, 0) is 50.0 Å². The van der Waals surface area contributed by atoms with E-state index in [1.165, 1.54) is 51.5 Å². The van der Waals surface area contributed by atoms with Crippen LogP contribution in [0.3, 0.4) is 0 Å². The maximum atomic E-state index is 10.7. The van der Waals surface area contributed by atoms with Crippen molar-refractivity contribution in [3.63, 3.8) is 0 Å². The summed E-state index contributed by atoms with van der Waals surface area (Å²) in [5.74, 6) is 0.760. The molecule has 112 valence electrons. The van der Waals surface area contributed by atoms with Crippen LogP contribution in [0.25, 0.3) is 0 Å². The van der Waals surface area contributed by atoms with Crippen molar-refractivity contribution in [1.82, 2.24) is 4.90 Å². The van der Waals surface area contributed by atoms with Crippen LogP contribution in [0, 0.1) is 11.3 Å². The number of rotatable bonds is 5. The molecule has 2 nitrogen and oxygen atoms in total. The molecule has 0 aromatic rings. The van der Waals surface area contributed by atoms with E-state index in [1.54, 1.807) is 0 Å². The summed E-state index contributed by atoms with van der Waals surface area (Å²) in [6.07, 6.45) is 8.94. The average Bonchev–Trinajstić information content (AvgIpc) is 2.92. The molecule has 0 radical (unpaired) electrons. The third-order valence-electron chi connectivity index (χ3n) is 5.43. The maximum Gasteiger partial charge on any atom is 0.0746 e. The van der Waals surface area contributed by atoms with Crippen molar-refractivity contribution in [2.24, 2.45) is 11.3 Å². The molecule has 0 saturated heterocycles. The predicted molar refractivity (Wildman–Crippen MR) is 81.2 cm³/mol. The van der Waals surface area contributed by atoms with E-state index in [1.807, 2.05) is 0 Å². The fraction of sp³-hybridized carbons (Fsp3) is 1.00. The Bertz CT molecular complexity index is 281. The molecular weight excluding hydrogens is 234 g/mol. The first-order valence-corrected chi connectivity index (χ1v) is 8.35. The second-order valence-corrected chi connectivity index (χ2v) is 7.90. The molecule has 2 aliphatic rings. The number of aliphatic hydroxyl groups is 1. The van der Waals surface area contributed by atoms with Crippen molar-refractivity contribution in [2.45, 2.75) is 90.8 Å². The van der Waals surface area contributed by atoms with E-state index in [0.717, 1.165) is 12.0 Å². The third kappa shape index (κ3) is 3.52. The number of hydrogen-bond donors (Lipinski definition) is 1. The van der Waals surface area contributed by atoms with Crippen molar-refractivity contribution in [1.29, 1.82) is 0 Å². The van der Waals surface area contributed by atoms with Crippen LogP contribution >= 0.6 is 0 Å². The van der Waals surface area contributed by atoms with Crippen LogP contribution in [0.15, 0.2) is 0 Å². The Morgan fingerprint density at radius 1 is 1.16 bits per heavy atom. The predicted octanol–water partition coefficient (Wildman–Crippen LogP) is 3.83. The molecule has 1 N–H and O–H groups in total. The molecule has 0 aromatic carbocycles. The summed E-state index contributed by atoms with van der Waals surface area (Å²) in [6, 6.07) is 1.16. The van der Waals surface area contributed by atoms with E-state index in [4.69, 9.17) is 0 Å². The zero-order chi connectivity index (χ0) is 14.0. The molecule has 0 heterocycles. The standard InChI is InChI=1S/C17H33NO/c1-13(2)10-12-18(14-7-5-6-8-14)15-9-11-17(3,4)16(15)19/h13-16,19H,5-12H2,1-4H3. The highest BCUT2D eigenvalue weighted by molar-refractivity contribution is 4.98. The van der Waals surface area contributed by atoms with Gasteiger partial charge in [0.1, 0.15) is 0 Å². The van der Waals surface area contributed by atoms with Gasteiger partial charge in [0.25, 0.3) is 0 Å². The Morgan fingerprint density at radius 3 is 2.26 bits per heavy atom. The van der Waals surface area contributed by atoms with Gasteiger partial charge in [0, 0.05) is 12.1 Å². The molecule has 0 aromatic heterocycles. The van der Waals surface area contributed by atoms with Gasteiger partial charge in [-0.1, -0.05) is 40.5 Å². The van der Waals surface area contributed by atoms with Gasteiger partial charge < -0.3 is 5.11 Å². The molecule has 0 bridgehead atoms. The largest absolute Gasteiger partial charge is 0.391 e.